The lowest BCUT2D eigenvalue weighted by atomic mass is 10.1. The molecule has 0 heterocycles. The molecule has 0 fully saturated rings. The summed E-state index contributed by atoms with van der Waals surface area (Å²) < 4.78 is 9.68. The van der Waals surface area contributed by atoms with Crippen molar-refractivity contribution in [2.45, 2.75) is 13.5 Å². The van der Waals surface area contributed by atoms with E-state index in [0.717, 1.165) is 0 Å². The van der Waals surface area contributed by atoms with Crippen LogP contribution in [0.2, 0.25) is 0 Å². The molecule has 0 aliphatic carbocycles. The van der Waals surface area contributed by atoms with Gasteiger partial charge in [-0.2, -0.15) is 0 Å². The molecule has 0 unspecified atom stereocenters. The minimum absolute atomic E-state index is 0.0334. The molecule has 0 amide bonds. The van der Waals surface area contributed by atoms with E-state index in [0.29, 0.717) is 16.7 Å². The van der Waals surface area contributed by atoms with Gasteiger partial charge >= 0.3 is 11.9 Å². The highest BCUT2D eigenvalue weighted by Gasteiger charge is 2.17. The van der Waals surface area contributed by atoms with Gasteiger partial charge in [-0.3, -0.25) is 0 Å². The van der Waals surface area contributed by atoms with E-state index in [1.165, 1.54) is 19.2 Å². The summed E-state index contributed by atoms with van der Waals surface area (Å²) in [5.74, 6) is -2.05. The first-order valence-corrected chi connectivity index (χ1v) is 6.80. The molecule has 0 aliphatic rings. The molecule has 0 atom stereocenters. The minimum Gasteiger partial charge on any atom is -0.504 e. The molecule has 6 nitrogen and oxygen atoms in total. The smallest absolute Gasteiger partial charge is 0.342 e. The molecule has 120 valence electrons. The summed E-state index contributed by atoms with van der Waals surface area (Å²) in [6.45, 7) is 1.57. The van der Waals surface area contributed by atoms with Gasteiger partial charge in [-0.05, 0) is 36.2 Å². The summed E-state index contributed by atoms with van der Waals surface area (Å²) >= 11 is 0. The standard InChI is InChI=1S/C17H16O6/c1-10-3-8-13(15(19)14(10)18)17(21)23-9-11-4-6-12(7-5-11)16(20)22-2/h3-8,18-19H,9H2,1-2H3. The van der Waals surface area contributed by atoms with E-state index in [1.54, 1.807) is 31.2 Å². The van der Waals surface area contributed by atoms with Crippen molar-refractivity contribution < 1.29 is 29.3 Å². The number of aromatic hydroxyl groups is 2. The summed E-state index contributed by atoms with van der Waals surface area (Å²) in [7, 11) is 1.29. The van der Waals surface area contributed by atoms with Crippen LogP contribution in [0.15, 0.2) is 36.4 Å². The zero-order valence-electron chi connectivity index (χ0n) is 12.7. The molecule has 2 N–H and O–H groups in total. The number of aryl methyl sites for hydroxylation is 1. The molecular weight excluding hydrogens is 300 g/mol. The Labute approximate surface area is 132 Å². The molecule has 23 heavy (non-hydrogen) atoms. The van der Waals surface area contributed by atoms with E-state index in [-0.39, 0.29) is 17.9 Å². The zero-order valence-corrected chi connectivity index (χ0v) is 12.7. The Morgan fingerprint density at radius 1 is 0.957 bits per heavy atom. The van der Waals surface area contributed by atoms with Gasteiger partial charge in [0.2, 0.25) is 0 Å². The molecule has 0 aliphatic heterocycles. The average Bonchev–Trinajstić information content (AvgIpc) is 2.57. The van der Waals surface area contributed by atoms with Crippen molar-refractivity contribution in [1.29, 1.82) is 0 Å². The normalized spacial score (nSPS) is 10.2. The summed E-state index contributed by atoms with van der Waals surface area (Å²) in [5.41, 5.74) is 1.40. The molecule has 0 bridgehead atoms. The van der Waals surface area contributed by atoms with Crippen LogP contribution in [0.4, 0.5) is 0 Å². The van der Waals surface area contributed by atoms with Gasteiger partial charge in [0, 0.05) is 0 Å². The van der Waals surface area contributed by atoms with Gasteiger partial charge in [-0.1, -0.05) is 18.2 Å². The maximum absolute atomic E-state index is 12.0. The predicted octanol–water partition coefficient (Wildman–Crippen LogP) is 2.55. The fourth-order valence-corrected chi connectivity index (χ4v) is 1.93. The quantitative estimate of drug-likeness (QED) is 0.665. The Morgan fingerprint density at radius 2 is 1.61 bits per heavy atom. The average molecular weight is 316 g/mol. The van der Waals surface area contributed by atoms with Crippen molar-refractivity contribution in [3.63, 3.8) is 0 Å². The van der Waals surface area contributed by atoms with Crippen molar-refractivity contribution in [3.8, 4) is 11.5 Å². The summed E-state index contributed by atoms with van der Waals surface area (Å²) in [5, 5.41) is 19.4. The van der Waals surface area contributed by atoms with Crippen LogP contribution in [-0.4, -0.2) is 29.3 Å². The Hall–Kier alpha value is -3.02. The SMILES string of the molecule is COC(=O)c1ccc(COC(=O)c2ccc(C)c(O)c2O)cc1. The molecule has 2 aromatic rings. The first-order chi connectivity index (χ1) is 10.9. The van der Waals surface area contributed by atoms with E-state index < -0.39 is 17.7 Å². The number of benzene rings is 2. The first kappa shape index (κ1) is 16.4. The topological polar surface area (TPSA) is 93.1 Å². The van der Waals surface area contributed by atoms with Crippen LogP contribution in [0.25, 0.3) is 0 Å². The zero-order chi connectivity index (χ0) is 17.0. The predicted molar refractivity (Wildman–Crippen MR) is 81.4 cm³/mol. The van der Waals surface area contributed by atoms with E-state index >= 15 is 0 Å². The number of carbonyl (C=O) groups is 2. The lowest BCUT2D eigenvalue weighted by Crippen LogP contribution is -2.06. The van der Waals surface area contributed by atoms with Crippen molar-refractivity contribution in [1.82, 2.24) is 0 Å². The van der Waals surface area contributed by atoms with E-state index in [4.69, 9.17) is 4.74 Å². The lowest BCUT2D eigenvalue weighted by molar-refractivity contribution is 0.0467. The van der Waals surface area contributed by atoms with Crippen LogP contribution in [0.1, 0.15) is 31.8 Å². The van der Waals surface area contributed by atoms with Crippen molar-refractivity contribution >= 4 is 11.9 Å². The molecule has 0 spiro atoms. The van der Waals surface area contributed by atoms with Gasteiger partial charge in [0.15, 0.2) is 11.5 Å². The van der Waals surface area contributed by atoms with Crippen LogP contribution < -0.4 is 0 Å². The van der Waals surface area contributed by atoms with Crippen LogP contribution in [0.3, 0.4) is 0 Å². The molecule has 0 aromatic heterocycles. The molecule has 0 saturated heterocycles. The van der Waals surface area contributed by atoms with Gasteiger partial charge in [-0.25, -0.2) is 9.59 Å². The van der Waals surface area contributed by atoms with Crippen molar-refractivity contribution in [3.05, 3.63) is 58.7 Å². The van der Waals surface area contributed by atoms with E-state index in [2.05, 4.69) is 4.74 Å². The number of esters is 2. The Balaban J connectivity index is 2.05. The van der Waals surface area contributed by atoms with Crippen molar-refractivity contribution in [2.24, 2.45) is 0 Å². The second-order valence-corrected chi connectivity index (χ2v) is 4.89. The highest BCUT2D eigenvalue weighted by Crippen LogP contribution is 2.32. The third-order valence-electron chi connectivity index (χ3n) is 3.32. The minimum atomic E-state index is -0.755. The van der Waals surface area contributed by atoms with Crippen LogP contribution >= 0.6 is 0 Å². The summed E-state index contributed by atoms with van der Waals surface area (Å²) in [6.07, 6.45) is 0. The van der Waals surface area contributed by atoms with Gasteiger partial charge < -0.3 is 19.7 Å². The number of hydrogen-bond acceptors (Lipinski definition) is 6. The molecule has 0 saturated carbocycles. The fourth-order valence-electron chi connectivity index (χ4n) is 1.93. The summed E-state index contributed by atoms with van der Waals surface area (Å²) in [4.78, 5) is 23.3. The first-order valence-electron chi connectivity index (χ1n) is 6.80. The Morgan fingerprint density at radius 3 is 2.22 bits per heavy atom. The Bertz CT molecular complexity index is 733. The number of carbonyl (C=O) groups excluding carboxylic acids is 2. The van der Waals surface area contributed by atoms with E-state index in [9.17, 15) is 19.8 Å². The van der Waals surface area contributed by atoms with Crippen molar-refractivity contribution in [2.75, 3.05) is 7.11 Å². The second kappa shape index (κ2) is 6.83. The van der Waals surface area contributed by atoms with Crippen LogP contribution in [0.5, 0.6) is 11.5 Å². The number of phenols is 2. The highest BCUT2D eigenvalue weighted by atomic mass is 16.5. The number of phenolic OH excluding ortho intramolecular Hbond substituents is 2. The number of hydrogen-bond donors (Lipinski definition) is 2. The summed E-state index contributed by atoms with van der Waals surface area (Å²) in [6, 6.07) is 9.27. The molecule has 2 aromatic carbocycles. The van der Waals surface area contributed by atoms with Crippen LogP contribution in [0, 0.1) is 6.92 Å². The molecule has 6 heteroatoms. The van der Waals surface area contributed by atoms with Gasteiger partial charge in [0.25, 0.3) is 0 Å². The van der Waals surface area contributed by atoms with Gasteiger partial charge in [0.05, 0.1) is 12.7 Å². The highest BCUT2D eigenvalue weighted by molar-refractivity contribution is 5.93. The number of ether oxygens (including phenoxy) is 2. The second-order valence-electron chi connectivity index (χ2n) is 4.89. The Kier molecular flexibility index (Phi) is 4.85. The lowest BCUT2D eigenvalue weighted by Gasteiger charge is -2.09. The third-order valence-corrected chi connectivity index (χ3v) is 3.32. The van der Waals surface area contributed by atoms with E-state index in [1.807, 2.05) is 0 Å². The monoisotopic (exact) mass is 316 g/mol. The maximum Gasteiger partial charge on any atom is 0.342 e. The van der Waals surface area contributed by atoms with Gasteiger partial charge in [-0.15, -0.1) is 0 Å². The molecule has 2 rings (SSSR count). The largest absolute Gasteiger partial charge is 0.504 e. The number of methoxy groups -OCH3 is 1. The molecule has 0 radical (unpaired) electrons. The maximum atomic E-state index is 12.0. The molecular formula is C17H16O6. The third kappa shape index (κ3) is 3.60. The van der Waals surface area contributed by atoms with Gasteiger partial charge in [0.1, 0.15) is 12.2 Å². The fraction of sp³-hybridized carbons (Fsp3) is 0.176. The van der Waals surface area contributed by atoms with Crippen LogP contribution in [-0.2, 0) is 16.1 Å². The number of rotatable bonds is 4.